The van der Waals surface area contributed by atoms with Gasteiger partial charge in [-0.15, -0.1) is 6.58 Å². The van der Waals surface area contributed by atoms with Gasteiger partial charge in [-0.3, -0.25) is 0 Å². The van der Waals surface area contributed by atoms with Crippen molar-refractivity contribution in [1.82, 2.24) is 5.32 Å². The molecular formula is C13H25NS. The quantitative estimate of drug-likeness (QED) is 0.527. The molecule has 1 saturated heterocycles. The summed E-state index contributed by atoms with van der Waals surface area (Å²) < 4.78 is 0.483. The molecule has 15 heavy (non-hydrogen) atoms. The van der Waals surface area contributed by atoms with Crippen molar-refractivity contribution in [2.24, 2.45) is 0 Å². The van der Waals surface area contributed by atoms with Crippen LogP contribution in [0.1, 0.15) is 46.0 Å². The monoisotopic (exact) mass is 227 g/mol. The number of thioether (sulfide) groups is 1. The molecule has 0 spiro atoms. The summed E-state index contributed by atoms with van der Waals surface area (Å²) in [6.07, 6.45) is 8.53. The van der Waals surface area contributed by atoms with E-state index < -0.39 is 0 Å². The molecule has 1 aliphatic rings. The van der Waals surface area contributed by atoms with Crippen molar-refractivity contribution >= 4 is 11.8 Å². The van der Waals surface area contributed by atoms with Gasteiger partial charge in [-0.05, 0) is 51.3 Å². The van der Waals surface area contributed by atoms with Gasteiger partial charge in [0.15, 0.2) is 0 Å². The molecular weight excluding hydrogens is 202 g/mol. The van der Waals surface area contributed by atoms with Gasteiger partial charge in [0, 0.05) is 10.8 Å². The van der Waals surface area contributed by atoms with E-state index in [0.717, 1.165) is 13.0 Å². The zero-order valence-electron chi connectivity index (χ0n) is 10.2. The summed E-state index contributed by atoms with van der Waals surface area (Å²) in [4.78, 5) is 0. The Labute approximate surface area is 99.1 Å². The molecule has 0 radical (unpaired) electrons. The van der Waals surface area contributed by atoms with Crippen LogP contribution in [-0.2, 0) is 0 Å². The lowest BCUT2D eigenvalue weighted by Gasteiger charge is -2.34. The van der Waals surface area contributed by atoms with Crippen LogP contribution >= 0.6 is 11.8 Å². The predicted octanol–water partition coefficient (Wildman–Crippen LogP) is 3.61. The highest BCUT2D eigenvalue weighted by Crippen LogP contribution is 2.41. The molecule has 2 atom stereocenters. The van der Waals surface area contributed by atoms with Gasteiger partial charge in [-0.1, -0.05) is 13.0 Å². The number of unbranched alkanes of at least 4 members (excludes halogenated alkanes) is 1. The van der Waals surface area contributed by atoms with E-state index in [1.54, 1.807) is 0 Å². The van der Waals surface area contributed by atoms with Gasteiger partial charge in [0.25, 0.3) is 0 Å². The van der Waals surface area contributed by atoms with E-state index in [-0.39, 0.29) is 0 Å². The van der Waals surface area contributed by atoms with Gasteiger partial charge in [0.05, 0.1) is 0 Å². The minimum absolute atomic E-state index is 0.483. The average molecular weight is 227 g/mol. The topological polar surface area (TPSA) is 12.0 Å². The van der Waals surface area contributed by atoms with Crippen LogP contribution in [0.3, 0.4) is 0 Å². The highest BCUT2D eigenvalue weighted by molar-refractivity contribution is 8.00. The minimum Gasteiger partial charge on any atom is -0.313 e. The molecule has 0 bridgehead atoms. The summed E-state index contributed by atoms with van der Waals surface area (Å²) in [7, 11) is 0. The largest absolute Gasteiger partial charge is 0.313 e. The molecule has 0 aromatic heterocycles. The van der Waals surface area contributed by atoms with Crippen LogP contribution in [0.15, 0.2) is 12.7 Å². The number of hydrogen-bond donors (Lipinski definition) is 1. The molecule has 0 amide bonds. The first-order valence-corrected chi connectivity index (χ1v) is 7.19. The molecule has 0 aromatic carbocycles. The van der Waals surface area contributed by atoms with Gasteiger partial charge in [-0.25, -0.2) is 0 Å². The van der Waals surface area contributed by atoms with Crippen molar-refractivity contribution in [2.45, 2.75) is 56.7 Å². The van der Waals surface area contributed by atoms with Gasteiger partial charge < -0.3 is 5.32 Å². The van der Waals surface area contributed by atoms with Crippen molar-refractivity contribution in [3.05, 3.63) is 12.7 Å². The Balaban J connectivity index is 2.44. The fraction of sp³-hybridized carbons (Fsp3) is 0.846. The normalized spacial score (nSPS) is 27.9. The zero-order chi connectivity index (χ0) is 11.1. The molecule has 1 nitrogen and oxygen atoms in total. The Kier molecular flexibility index (Phi) is 5.77. The summed E-state index contributed by atoms with van der Waals surface area (Å²) >= 11 is 2.16. The van der Waals surface area contributed by atoms with Crippen molar-refractivity contribution in [1.29, 1.82) is 0 Å². The Hall–Kier alpha value is 0.0500. The second-order valence-electron chi connectivity index (χ2n) is 4.59. The molecule has 2 unspecified atom stereocenters. The Bertz CT molecular complexity index is 185. The molecule has 1 fully saturated rings. The average Bonchev–Trinajstić information content (AvgIpc) is 2.65. The maximum atomic E-state index is 3.79. The first-order valence-electron chi connectivity index (χ1n) is 6.21. The van der Waals surface area contributed by atoms with Gasteiger partial charge >= 0.3 is 0 Å². The van der Waals surface area contributed by atoms with Crippen LogP contribution in [0.2, 0.25) is 0 Å². The highest BCUT2D eigenvalue weighted by Gasteiger charge is 2.36. The van der Waals surface area contributed by atoms with E-state index in [9.17, 15) is 0 Å². The summed E-state index contributed by atoms with van der Waals surface area (Å²) in [6, 6.07) is 0.690. The van der Waals surface area contributed by atoms with Gasteiger partial charge in [0.1, 0.15) is 0 Å². The Morgan fingerprint density at radius 1 is 1.60 bits per heavy atom. The summed E-state index contributed by atoms with van der Waals surface area (Å²) in [5.74, 6) is 1.35. The molecule has 0 aromatic rings. The van der Waals surface area contributed by atoms with Crippen molar-refractivity contribution in [3.63, 3.8) is 0 Å². The Morgan fingerprint density at radius 2 is 2.40 bits per heavy atom. The van der Waals surface area contributed by atoms with E-state index in [1.807, 2.05) is 6.08 Å². The second kappa shape index (κ2) is 6.59. The first kappa shape index (κ1) is 13.1. The molecule has 2 heteroatoms. The van der Waals surface area contributed by atoms with Crippen molar-refractivity contribution in [2.75, 3.05) is 12.3 Å². The lowest BCUT2D eigenvalue weighted by Crippen LogP contribution is -2.45. The summed E-state index contributed by atoms with van der Waals surface area (Å²) in [5.41, 5.74) is 0. The van der Waals surface area contributed by atoms with Crippen LogP contribution < -0.4 is 5.32 Å². The number of rotatable bonds is 7. The van der Waals surface area contributed by atoms with Crippen LogP contribution in [0.4, 0.5) is 0 Å². The lowest BCUT2D eigenvalue weighted by atomic mass is 9.92. The SMILES string of the molecule is C=CCCCC(NCC)C1(C)CCCS1. The third kappa shape index (κ3) is 3.84. The minimum atomic E-state index is 0.483. The molecule has 1 rings (SSSR count). The standard InChI is InChI=1S/C13H25NS/c1-4-6-7-9-12(14-5-2)13(3)10-8-11-15-13/h4,12,14H,1,5-11H2,2-3H3. The zero-order valence-corrected chi connectivity index (χ0v) is 11.0. The van der Waals surface area contributed by atoms with Crippen LogP contribution in [0.25, 0.3) is 0 Å². The van der Waals surface area contributed by atoms with Crippen LogP contribution in [0.5, 0.6) is 0 Å². The number of nitrogens with one attached hydrogen (secondary N) is 1. The van der Waals surface area contributed by atoms with Crippen molar-refractivity contribution < 1.29 is 0 Å². The molecule has 0 aliphatic carbocycles. The molecule has 1 aliphatic heterocycles. The Morgan fingerprint density at radius 3 is 2.93 bits per heavy atom. The van der Waals surface area contributed by atoms with E-state index in [0.29, 0.717) is 10.8 Å². The van der Waals surface area contributed by atoms with E-state index >= 15 is 0 Å². The molecule has 88 valence electrons. The third-order valence-corrected chi connectivity index (χ3v) is 4.98. The maximum Gasteiger partial charge on any atom is 0.0285 e. The first-order chi connectivity index (χ1) is 7.23. The van der Waals surface area contributed by atoms with Gasteiger partial charge in [-0.2, -0.15) is 11.8 Å². The van der Waals surface area contributed by atoms with E-state index in [1.165, 1.54) is 31.4 Å². The number of allylic oxidation sites excluding steroid dienone is 1. The lowest BCUT2D eigenvalue weighted by molar-refractivity contribution is 0.380. The fourth-order valence-electron chi connectivity index (χ4n) is 2.41. The summed E-state index contributed by atoms with van der Waals surface area (Å²) in [5, 5.41) is 3.67. The van der Waals surface area contributed by atoms with E-state index in [2.05, 4.69) is 37.5 Å². The van der Waals surface area contributed by atoms with Gasteiger partial charge in [0.2, 0.25) is 0 Å². The molecule has 1 N–H and O–H groups in total. The second-order valence-corrected chi connectivity index (χ2v) is 6.22. The fourth-order valence-corrected chi connectivity index (χ4v) is 3.86. The molecule has 0 saturated carbocycles. The van der Waals surface area contributed by atoms with Crippen LogP contribution in [-0.4, -0.2) is 23.1 Å². The number of hydrogen-bond acceptors (Lipinski definition) is 2. The highest BCUT2D eigenvalue weighted by atomic mass is 32.2. The molecule has 1 heterocycles. The third-order valence-electron chi connectivity index (χ3n) is 3.34. The smallest absolute Gasteiger partial charge is 0.0285 e. The van der Waals surface area contributed by atoms with E-state index in [4.69, 9.17) is 0 Å². The van der Waals surface area contributed by atoms with Crippen LogP contribution in [0, 0.1) is 0 Å². The maximum absolute atomic E-state index is 3.79. The summed E-state index contributed by atoms with van der Waals surface area (Å²) in [6.45, 7) is 9.53. The predicted molar refractivity (Wildman–Crippen MR) is 71.6 cm³/mol. The van der Waals surface area contributed by atoms with Crippen molar-refractivity contribution in [3.8, 4) is 0 Å².